The lowest BCUT2D eigenvalue weighted by Gasteiger charge is -2.03. The molecule has 0 aliphatic rings. The topological polar surface area (TPSA) is 47.9 Å². The summed E-state index contributed by atoms with van der Waals surface area (Å²) in [6, 6.07) is 1.79. The van der Waals surface area contributed by atoms with E-state index in [2.05, 4.69) is 22.1 Å². The average Bonchev–Trinajstić information content (AvgIpc) is 2.27. The molecule has 2 heterocycles. The number of fused-ring (bicyclic) bond motifs is 1. The molecule has 4 heteroatoms. The molecule has 72 valence electrons. The van der Waals surface area contributed by atoms with Crippen molar-refractivity contribution in [3.63, 3.8) is 0 Å². The lowest BCUT2D eigenvalue weighted by molar-refractivity contribution is 0.398. The van der Waals surface area contributed by atoms with Gasteiger partial charge in [-0.2, -0.15) is 10.2 Å². The minimum absolute atomic E-state index is 0.569. The van der Waals surface area contributed by atoms with Crippen molar-refractivity contribution in [1.82, 2.24) is 15.2 Å². The number of aryl methyl sites for hydroxylation is 1. The summed E-state index contributed by atoms with van der Waals surface area (Å²) in [5, 5.41) is 9.00. The predicted octanol–water partition coefficient (Wildman–Crippen LogP) is 1.60. The fraction of sp³-hybridized carbons (Fsp3) is 0.300. The largest absolute Gasteiger partial charge is 0.481 e. The number of nitrogens with zero attached hydrogens (tertiary/aromatic N) is 3. The Balaban J connectivity index is 2.67. The van der Waals surface area contributed by atoms with E-state index in [4.69, 9.17) is 4.74 Å². The van der Waals surface area contributed by atoms with Crippen molar-refractivity contribution in [1.29, 1.82) is 0 Å². The molecule has 0 fully saturated rings. The van der Waals surface area contributed by atoms with E-state index in [0.717, 1.165) is 22.9 Å². The molecule has 0 saturated carbocycles. The van der Waals surface area contributed by atoms with Crippen LogP contribution in [0.4, 0.5) is 0 Å². The molecule has 0 aromatic carbocycles. The van der Waals surface area contributed by atoms with Crippen LogP contribution < -0.4 is 4.74 Å². The summed E-state index contributed by atoms with van der Waals surface area (Å²) in [7, 11) is 1.59. The molecule has 0 radical (unpaired) electrons. The van der Waals surface area contributed by atoms with Gasteiger partial charge in [0, 0.05) is 17.6 Å². The number of hydrogen-bond donors (Lipinski definition) is 0. The summed E-state index contributed by atoms with van der Waals surface area (Å²) < 4.78 is 5.02. The van der Waals surface area contributed by atoms with Gasteiger partial charge in [-0.15, -0.1) is 0 Å². The second-order valence-electron chi connectivity index (χ2n) is 2.97. The number of aromatic nitrogens is 3. The highest BCUT2D eigenvalue weighted by molar-refractivity contribution is 5.81. The van der Waals surface area contributed by atoms with Crippen molar-refractivity contribution in [3.8, 4) is 5.88 Å². The van der Waals surface area contributed by atoms with E-state index in [9.17, 15) is 0 Å². The monoisotopic (exact) mass is 189 g/mol. The van der Waals surface area contributed by atoms with E-state index < -0.39 is 0 Å². The van der Waals surface area contributed by atoms with Gasteiger partial charge in [-0.25, -0.2) is 4.98 Å². The standard InChI is InChI=1S/C10H11N3O/c1-3-7-5-12-13-9-4-10(14-2)11-6-8(7)9/h4-6H,3H2,1-2H3. The Labute approximate surface area is 81.9 Å². The van der Waals surface area contributed by atoms with Gasteiger partial charge >= 0.3 is 0 Å². The minimum atomic E-state index is 0.569. The van der Waals surface area contributed by atoms with E-state index in [1.807, 2.05) is 0 Å². The Morgan fingerprint density at radius 3 is 2.93 bits per heavy atom. The van der Waals surface area contributed by atoms with Crippen molar-refractivity contribution in [3.05, 3.63) is 24.0 Å². The van der Waals surface area contributed by atoms with E-state index in [-0.39, 0.29) is 0 Å². The van der Waals surface area contributed by atoms with E-state index in [0.29, 0.717) is 5.88 Å². The van der Waals surface area contributed by atoms with Crippen LogP contribution in [0.2, 0.25) is 0 Å². The normalized spacial score (nSPS) is 10.4. The first kappa shape index (κ1) is 8.87. The van der Waals surface area contributed by atoms with Crippen LogP contribution in [0.5, 0.6) is 5.88 Å². The Morgan fingerprint density at radius 1 is 1.36 bits per heavy atom. The van der Waals surface area contributed by atoms with Crippen molar-refractivity contribution in [2.24, 2.45) is 0 Å². The van der Waals surface area contributed by atoms with Crippen LogP contribution in [0.3, 0.4) is 0 Å². The third-order valence-electron chi connectivity index (χ3n) is 2.17. The molecule has 0 aliphatic carbocycles. The molecule has 0 atom stereocenters. The summed E-state index contributed by atoms with van der Waals surface area (Å²) in [5.74, 6) is 0.569. The summed E-state index contributed by atoms with van der Waals surface area (Å²) in [5.41, 5.74) is 1.99. The molecule has 2 aromatic heterocycles. The third kappa shape index (κ3) is 1.39. The lowest BCUT2D eigenvalue weighted by atomic mass is 10.1. The van der Waals surface area contributed by atoms with Crippen LogP contribution in [0.25, 0.3) is 10.9 Å². The van der Waals surface area contributed by atoms with Crippen LogP contribution in [0, 0.1) is 0 Å². The number of methoxy groups -OCH3 is 1. The van der Waals surface area contributed by atoms with Gasteiger partial charge in [0.2, 0.25) is 5.88 Å². The molecular weight excluding hydrogens is 178 g/mol. The number of ether oxygens (including phenoxy) is 1. The predicted molar refractivity (Wildman–Crippen MR) is 53.3 cm³/mol. The van der Waals surface area contributed by atoms with Gasteiger partial charge in [0.05, 0.1) is 13.3 Å². The maximum atomic E-state index is 5.02. The molecule has 0 spiro atoms. The van der Waals surface area contributed by atoms with Crippen LogP contribution >= 0.6 is 0 Å². The molecule has 0 bridgehead atoms. The highest BCUT2D eigenvalue weighted by Gasteiger charge is 2.03. The molecular formula is C10H11N3O. The van der Waals surface area contributed by atoms with Gasteiger partial charge in [-0.1, -0.05) is 6.92 Å². The smallest absolute Gasteiger partial charge is 0.215 e. The molecule has 2 rings (SSSR count). The van der Waals surface area contributed by atoms with Crippen molar-refractivity contribution >= 4 is 10.9 Å². The number of rotatable bonds is 2. The van der Waals surface area contributed by atoms with Gasteiger partial charge in [-0.05, 0) is 12.0 Å². The summed E-state index contributed by atoms with van der Waals surface area (Å²) >= 11 is 0. The quantitative estimate of drug-likeness (QED) is 0.719. The molecule has 0 N–H and O–H groups in total. The molecule has 4 nitrogen and oxygen atoms in total. The molecule has 0 amide bonds. The zero-order chi connectivity index (χ0) is 9.97. The minimum Gasteiger partial charge on any atom is -0.481 e. The van der Waals surface area contributed by atoms with E-state index >= 15 is 0 Å². The van der Waals surface area contributed by atoms with Crippen LogP contribution in [0.15, 0.2) is 18.5 Å². The average molecular weight is 189 g/mol. The van der Waals surface area contributed by atoms with Crippen LogP contribution in [-0.4, -0.2) is 22.3 Å². The molecule has 0 saturated heterocycles. The van der Waals surface area contributed by atoms with Crippen LogP contribution in [0.1, 0.15) is 12.5 Å². The second kappa shape index (κ2) is 3.57. The van der Waals surface area contributed by atoms with Gasteiger partial charge in [0.25, 0.3) is 0 Å². The van der Waals surface area contributed by atoms with Gasteiger partial charge < -0.3 is 4.74 Å². The Bertz CT molecular complexity index is 456. The van der Waals surface area contributed by atoms with Gasteiger partial charge in [0.15, 0.2) is 0 Å². The van der Waals surface area contributed by atoms with Crippen molar-refractivity contribution in [2.75, 3.05) is 7.11 Å². The highest BCUT2D eigenvalue weighted by Crippen LogP contribution is 2.18. The SMILES string of the molecule is CCc1cnnc2cc(OC)ncc12. The Kier molecular flexibility index (Phi) is 2.26. The van der Waals surface area contributed by atoms with Gasteiger partial charge in [0.1, 0.15) is 5.52 Å². The third-order valence-corrected chi connectivity index (χ3v) is 2.17. The van der Waals surface area contributed by atoms with Crippen molar-refractivity contribution < 1.29 is 4.74 Å². The van der Waals surface area contributed by atoms with E-state index in [1.165, 1.54) is 0 Å². The fourth-order valence-corrected chi connectivity index (χ4v) is 1.38. The maximum absolute atomic E-state index is 5.02. The van der Waals surface area contributed by atoms with Gasteiger partial charge in [-0.3, -0.25) is 0 Å². The molecule has 0 unspecified atom stereocenters. The van der Waals surface area contributed by atoms with E-state index in [1.54, 1.807) is 25.6 Å². The second-order valence-corrected chi connectivity index (χ2v) is 2.97. The molecule has 14 heavy (non-hydrogen) atoms. The first-order valence-electron chi connectivity index (χ1n) is 4.49. The fourth-order valence-electron chi connectivity index (χ4n) is 1.38. The first-order chi connectivity index (χ1) is 6.85. The highest BCUT2D eigenvalue weighted by atomic mass is 16.5. The first-order valence-corrected chi connectivity index (χ1v) is 4.49. The Morgan fingerprint density at radius 2 is 2.21 bits per heavy atom. The number of pyridine rings is 1. The number of hydrogen-bond acceptors (Lipinski definition) is 4. The Hall–Kier alpha value is -1.71. The molecule has 0 aliphatic heterocycles. The summed E-state index contributed by atoms with van der Waals surface area (Å²) in [6.07, 6.45) is 4.48. The van der Waals surface area contributed by atoms with Crippen LogP contribution in [-0.2, 0) is 6.42 Å². The van der Waals surface area contributed by atoms with Crippen molar-refractivity contribution in [2.45, 2.75) is 13.3 Å². The summed E-state index contributed by atoms with van der Waals surface area (Å²) in [6.45, 7) is 2.08. The zero-order valence-corrected chi connectivity index (χ0v) is 8.19. The lowest BCUT2D eigenvalue weighted by Crippen LogP contribution is -1.93. The zero-order valence-electron chi connectivity index (χ0n) is 8.19. The molecule has 2 aromatic rings. The summed E-state index contributed by atoms with van der Waals surface area (Å²) in [4.78, 5) is 4.14. The maximum Gasteiger partial charge on any atom is 0.215 e.